The van der Waals surface area contributed by atoms with Crippen LogP contribution in [0.25, 0.3) is 5.82 Å². The van der Waals surface area contributed by atoms with Gasteiger partial charge >= 0.3 is 5.97 Å². The third-order valence-electron chi connectivity index (χ3n) is 6.04. The SMILES string of the molecule is Cc1cc(-n2c(C)cc(C(=O)COC(=O)c3cccc(N4C(=O)c5ccccc5C4=O)c3)c2C)no1. The number of Topliss-reactive ketones (excluding diaryl/α,β-unsaturated/α-hetero) is 1. The minimum absolute atomic E-state index is 0.111. The molecular weight excluding hydrogens is 462 g/mol. The Hall–Kier alpha value is -4.79. The Morgan fingerprint density at radius 2 is 1.61 bits per heavy atom. The van der Waals surface area contributed by atoms with Gasteiger partial charge in [-0.2, -0.15) is 0 Å². The molecule has 0 bridgehead atoms. The van der Waals surface area contributed by atoms with Crippen LogP contribution < -0.4 is 4.90 Å². The third-order valence-corrected chi connectivity index (χ3v) is 6.04. The molecule has 4 aromatic rings. The minimum Gasteiger partial charge on any atom is -0.454 e. The van der Waals surface area contributed by atoms with Gasteiger partial charge in [-0.1, -0.05) is 23.4 Å². The van der Waals surface area contributed by atoms with Crippen LogP contribution in [0.5, 0.6) is 0 Å². The van der Waals surface area contributed by atoms with E-state index in [-0.39, 0.29) is 17.0 Å². The van der Waals surface area contributed by atoms with Gasteiger partial charge in [0.2, 0.25) is 5.78 Å². The highest BCUT2D eigenvalue weighted by Crippen LogP contribution is 2.29. The molecule has 0 atom stereocenters. The number of rotatable bonds is 6. The number of fused-ring (bicyclic) bond motifs is 1. The number of hydrogen-bond donors (Lipinski definition) is 0. The van der Waals surface area contributed by atoms with Crippen LogP contribution in [0.2, 0.25) is 0 Å². The van der Waals surface area contributed by atoms with Gasteiger partial charge in [0, 0.05) is 23.0 Å². The maximum Gasteiger partial charge on any atom is 0.338 e. The van der Waals surface area contributed by atoms with Crippen molar-refractivity contribution in [2.45, 2.75) is 20.8 Å². The Morgan fingerprint density at radius 3 is 2.25 bits per heavy atom. The molecule has 0 saturated carbocycles. The summed E-state index contributed by atoms with van der Waals surface area (Å²) in [7, 11) is 0. The normalized spacial score (nSPS) is 12.7. The molecule has 36 heavy (non-hydrogen) atoms. The second kappa shape index (κ2) is 8.77. The molecule has 0 spiro atoms. The van der Waals surface area contributed by atoms with E-state index in [1.165, 1.54) is 12.1 Å². The van der Waals surface area contributed by atoms with Gasteiger partial charge in [0.25, 0.3) is 11.8 Å². The van der Waals surface area contributed by atoms with Gasteiger partial charge in [-0.3, -0.25) is 19.0 Å². The summed E-state index contributed by atoms with van der Waals surface area (Å²) < 4.78 is 12.2. The summed E-state index contributed by atoms with van der Waals surface area (Å²) >= 11 is 0. The third kappa shape index (κ3) is 3.80. The second-order valence-corrected chi connectivity index (χ2v) is 8.46. The molecule has 9 heteroatoms. The molecule has 0 aliphatic carbocycles. The number of benzene rings is 2. The Labute approximate surface area is 205 Å². The maximum absolute atomic E-state index is 12.9. The fraction of sp³-hybridized carbons (Fsp3) is 0.148. The number of imide groups is 1. The lowest BCUT2D eigenvalue weighted by Gasteiger charge is -2.14. The molecule has 2 aromatic carbocycles. The molecule has 1 aliphatic rings. The zero-order chi connectivity index (χ0) is 25.6. The number of carbonyl (C=O) groups excluding carboxylic acids is 4. The van der Waals surface area contributed by atoms with E-state index in [0.29, 0.717) is 34.0 Å². The van der Waals surface area contributed by atoms with Crippen LogP contribution in [0, 0.1) is 20.8 Å². The number of anilines is 1. The van der Waals surface area contributed by atoms with Crippen molar-refractivity contribution in [1.82, 2.24) is 9.72 Å². The molecular formula is C27H21N3O6. The number of ketones is 1. The van der Waals surface area contributed by atoms with Crippen LogP contribution in [-0.2, 0) is 4.74 Å². The molecule has 180 valence electrons. The van der Waals surface area contributed by atoms with Crippen LogP contribution >= 0.6 is 0 Å². The highest BCUT2D eigenvalue weighted by molar-refractivity contribution is 6.34. The van der Waals surface area contributed by atoms with Crippen molar-refractivity contribution in [1.29, 1.82) is 0 Å². The second-order valence-electron chi connectivity index (χ2n) is 8.46. The van der Waals surface area contributed by atoms with Crippen molar-refractivity contribution in [2.75, 3.05) is 11.5 Å². The predicted octanol–water partition coefficient (Wildman–Crippen LogP) is 4.23. The van der Waals surface area contributed by atoms with E-state index in [1.807, 2.05) is 6.92 Å². The van der Waals surface area contributed by atoms with E-state index in [1.54, 1.807) is 66.9 Å². The quantitative estimate of drug-likeness (QED) is 0.229. The van der Waals surface area contributed by atoms with Crippen molar-refractivity contribution >= 4 is 29.3 Å². The largest absolute Gasteiger partial charge is 0.454 e. The summed E-state index contributed by atoms with van der Waals surface area (Å²) in [6.45, 7) is 4.92. The molecule has 3 heterocycles. The smallest absolute Gasteiger partial charge is 0.338 e. The number of hydrogen-bond acceptors (Lipinski definition) is 7. The molecule has 0 saturated heterocycles. The van der Waals surface area contributed by atoms with Gasteiger partial charge in [-0.25, -0.2) is 9.69 Å². The van der Waals surface area contributed by atoms with E-state index in [9.17, 15) is 19.2 Å². The molecule has 0 N–H and O–H groups in total. The van der Waals surface area contributed by atoms with Crippen LogP contribution in [0.1, 0.15) is 58.6 Å². The molecule has 9 nitrogen and oxygen atoms in total. The first-order valence-electron chi connectivity index (χ1n) is 11.2. The molecule has 0 radical (unpaired) electrons. The minimum atomic E-state index is -0.747. The Bertz CT molecular complexity index is 1530. The van der Waals surface area contributed by atoms with E-state index in [2.05, 4.69) is 5.16 Å². The average Bonchev–Trinajstić information content (AvgIpc) is 3.51. The van der Waals surface area contributed by atoms with Gasteiger partial charge < -0.3 is 9.26 Å². The van der Waals surface area contributed by atoms with E-state index < -0.39 is 24.4 Å². The van der Waals surface area contributed by atoms with E-state index in [4.69, 9.17) is 9.26 Å². The maximum atomic E-state index is 12.9. The number of aromatic nitrogens is 2. The Morgan fingerprint density at radius 1 is 0.917 bits per heavy atom. The molecule has 0 unspecified atom stereocenters. The predicted molar refractivity (Wildman–Crippen MR) is 129 cm³/mol. The Kier molecular flexibility index (Phi) is 5.60. The number of ether oxygens (including phenoxy) is 1. The van der Waals surface area contributed by atoms with Crippen molar-refractivity contribution in [3.63, 3.8) is 0 Å². The molecule has 0 fully saturated rings. The Balaban J connectivity index is 1.31. The molecule has 1 aliphatic heterocycles. The number of esters is 1. The first kappa shape index (κ1) is 23.0. The molecule has 2 aromatic heterocycles. The monoisotopic (exact) mass is 483 g/mol. The first-order chi connectivity index (χ1) is 17.3. The lowest BCUT2D eigenvalue weighted by Crippen LogP contribution is -2.29. The summed E-state index contributed by atoms with van der Waals surface area (Å²) in [5, 5.41) is 4.00. The lowest BCUT2D eigenvalue weighted by atomic mass is 10.1. The number of nitrogens with zero attached hydrogens (tertiary/aromatic N) is 3. The van der Waals surface area contributed by atoms with E-state index in [0.717, 1.165) is 10.6 Å². The summed E-state index contributed by atoms with van der Waals surface area (Å²) in [6.07, 6.45) is 0. The number of aryl methyl sites for hydroxylation is 2. The first-order valence-corrected chi connectivity index (χ1v) is 11.2. The topological polar surface area (TPSA) is 112 Å². The van der Waals surface area contributed by atoms with Crippen LogP contribution in [-0.4, -0.2) is 39.9 Å². The highest BCUT2D eigenvalue weighted by Gasteiger charge is 2.36. The fourth-order valence-corrected chi connectivity index (χ4v) is 4.34. The standard InChI is InChI=1S/C27H21N3O6/c1-15-11-22(17(3)29(15)24-12-16(2)36-28-24)23(31)14-35-27(34)18-7-6-8-19(13-18)30-25(32)20-9-4-5-10-21(20)26(30)33/h4-13H,14H2,1-3H3. The van der Waals surface area contributed by atoms with Gasteiger partial charge in [0.15, 0.2) is 12.4 Å². The number of carbonyl (C=O) groups is 4. The van der Waals surface area contributed by atoms with Gasteiger partial charge in [0.1, 0.15) is 5.76 Å². The van der Waals surface area contributed by atoms with Crippen molar-refractivity contribution in [3.05, 3.63) is 100 Å². The zero-order valence-electron chi connectivity index (χ0n) is 19.8. The van der Waals surface area contributed by atoms with E-state index >= 15 is 0 Å². The van der Waals surface area contributed by atoms with Crippen LogP contribution in [0.3, 0.4) is 0 Å². The highest BCUT2D eigenvalue weighted by atomic mass is 16.5. The zero-order valence-corrected chi connectivity index (χ0v) is 19.8. The van der Waals surface area contributed by atoms with Crippen LogP contribution in [0.15, 0.2) is 65.2 Å². The van der Waals surface area contributed by atoms with Gasteiger partial charge in [-0.15, -0.1) is 0 Å². The summed E-state index contributed by atoms with van der Waals surface area (Å²) in [5.74, 6) is -0.851. The van der Waals surface area contributed by atoms with Crippen LogP contribution in [0.4, 0.5) is 5.69 Å². The van der Waals surface area contributed by atoms with Crippen molar-refractivity contribution < 1.29 is 28.4 Å². The lowest BCUT2D eigenvalue weighted by molar-refractivity contribution is 0.0474. The fourth-order valence-electron chi connectivity index (χ4n) is 4.34. The average molecular weight is 483 g/mol. The van der Waals surface area contributed by atoms with Crippen molar-refractivity contribution in [2.24, 2.45) is 0 Å². The van der Waals surface area contributed by atoms with Gasteiger partial charge in [0.05, 0.1) is 22.4 Å². The summed E-state index contributed by atoms with van der Waals surface area (Å²) in [6, 6.07) is 16.0. The van der Waals surface area contributed by atoms with Crippen molar-refractivity contribution in [3.8, 4) is 5.82 Å². The van der Waals surface area contributed by atoms with Gasteiger partial charge in [-0.05, 0) is 57.2 Å². The molecule has 2 amide bonds. The molecule has 5 rings (SSSR count). The number of amides is 2. The summed E-state index contributed by atoms with van der Waals surface area (Å²) in [4.78, 5) is 52.1. The summed E-state index contributed by atoms with van der Waals surface area (Å²) in [5.41, 5.74) is 2.80.